The van der Waals surface area contributed by atoms with Gasteiger partial charge in [0.05, 0.1) is 5.52 Å². The van der Waals surface area contributed by atoms with Gasteiger partial charge in [-0.05, 0) is 45.4 Å². The molecule has 1 heterocycles. The van der Waals surface area contributed by atoms with E-state index in [1.54, 1.807) is 37.5 Å². The zero-order valence-corrected chi connectivity index (χ0v) is 13.7. The van der Waals surface area contributed by atoms with Crippen molar-refractivity contribution in [2.75, 3.05) is 6.54 Å². The van der Waals surface area contributed by atoms with Crippen LogP contribution < -0.4 is 5.32 Å². The molecule has 0 aliphatic carbocycles. The largest absolute Gasteiger partial charge is 0.444 e. The van der Waals surface area contributed by atoms with E-state index >= 15 is 0 Å². The lowest BCUT2D eigenvalue weighted by molar-refractivity contribution is 0.0526. The van der Waals surface area contributed by atoms with Crippen LogP contribution in [-0.2, 0) is 11.3 Å². The van der Waals surface area contributed by atoms with Crippen LogP contribution in [0.4, 0.5) is 9.18 Å². The number of aromatic nitrogens is 1. The van der Waals surface area contributed by atoms with Gasteiger partial charge in [0.25, 0.3) is 0 Å². The van der Waals surface area contributed by atoms with Crippen molar-refractivity contribution in [3.05, 3.63) is 35.3 Å². The lowest BCUT2D eigenvalue weighted by Gasteiger charge is -2.19. The summed E-state index contributed by atoms with van der Waals surface area (Å²) in [6, 6.07) is 6.80. The van der Waals surface area contributed by atoms with Crippen molar-refractivity contribution in [2.24, 2.45) is 0 Å². The van der Waals surface area contributed by atoms with Gasteiger partial charge in [-0.1, -0.05) is 6.07 Å². The Bertz CT molecular complexity index is 782. The minimum atomic E-state index is -0.578. The van der Waals surface area contributed by atoms with Crippen molar-refractivity contribution >= 4 is 17.0 Å². The number of aryl methyl sites for hydroxylation is 1. The van der Waals surface area contributed by atoms with E-state index in [2.05, 4.69) is 11.4 Å². The first-order chi connectivity index (χ1) is 10.7. The normalized spacial score (nSPS) is 11.3. The number of ether oxygens (including phenoxy) is 1. The molecule has 6 heteroatoms. The van der Waals surface area contributed by atoms with Gasteiger partial charge >= 0.3 is 6.09 Å². The summed E-state index contributed by atoms with van der Waals surface area (Å²) < 4.78 is 20.9. The third-order valence-corrected chi connectivity index (χ3v) is 3.35. The molecule has 0 aliphatic heterocycles. The average Bonchev–Trinajstić information content (AvgIpc) is 2.81. The number of nitrogens with zero attached hydrogens (tertiary/aromatic N) is 2. The minimum Gasteiger partial charge on any atom is -0.444 e. The molecule has 5 nitrogen and oxygen atoms in total. The number of nitriles is 1. The van der Waals surface area contributed by atoms with E-state index in [0.717, 1.165) is 5.56 Å². The summed E-state index contributed by atoms with van der Waals surface area (Å²) in [4.78, 5) is 11.6. The molecule has 2 rings (SSSR count). The van der Waals surface area contributed by atoms with Crippen LogP contribution in [-0.4, -0.2) is 22.8 Å². The lowest BCUT2D eigenvalue weighted by atomic mass is 10.1. The maximum Gasteiger partial charge on any atom is 0.407 e. The highest BCUT2D eigenvalue weighted by Gasteiger charge is 2.17. The summed E-state index contributed by atoms with van der Waals surface area (Å²) in [6.45, 7) is 7.72. The Kier molecular flexibility index (Phi) is 4.60. The first-order valence-electron chi connectivity index (χ1n) is 7.38. The maximum atomic E-state index is 14.1. The third kappa shape index (κ3) is 3.81. The average molecular weight is 317 g/mol. The number of alkyl carbamates (subject to hydrolysis) is 1. The number of carbonyl (C=O) groups excluding carboxylic acids is 1. The van der Waals surface area contributed by atoms with Crippen LogP contribution >= 0.6 is 0 Å². The summed E-state index contributed by atoms with van der Waals surface area (Å²) in [5.41, 5.74) is 1.06. The Morgan fingerprint density at radius 3 is 2.74 bits per heavy atom. The Morgan fingerprint density at radius 1 is 1.43 bits per heavy atom. The van der Waals surface area contributed by atoms with Gasteiger partial charge in [-0.25, -0.2) is 9.18 Å². The monoisotopic (exact) mass is 317 g/mol. The van der Waals surface area contributed by atoms with Crippen molar-refractivity contribution in [3.63, 3.8) is 0 Å². The molecule has 1 aromatic carbocycles. The molecule has 1 aromatic heterocycles. The van der Waals surface area contributed by atoms with E-state index in [-0.39, 0.29) is 18.9 Å². The summed E-state index contributed by atoms with van der Waals surface area (Å²) in [7, 11) is 0. The van der Waals surface area contributed by atoms with Gasteiger partial charge in [0.1, 0.15) is 23.2 Å². The first-order valence-corrected chi connectivity index (χ1v) is 7.38. The highest BCUT2D eigenvalue weighted by atomic mass is 19.1. The van der Waals surface area contributed by atoms with Crippen molar-refractivity contribution < 1.29 is 13.9 Å². The molecule has 2 aromatic rings. The summed E-state index contributed by atoms with van der Waals surface area (Å²) in [5, 5.41) is 12.6. The highest BCUT2D eigenvalue weighted by Crippen LogP contribution is 2.25. The molecule has 0 fully saturated rings. The zero-order chi connectivity index (χ0) is 17.2. The maximum absolute atomic E-state index is 14.1. The van der Waals surface area contributed by atoms with Gasteiger partial charge in [-0.2, -0.15) is 5.26 Å². The van der Waals surface area contributed by atoms with Crippen LogP contribution in [0.25, 0.3) is 10.9 Å². The summed E-state index contributed by atoms with van der Waals surface area (Å²) >= 11 is 0. The predicted molar refractivity (Wildman–Crippen MR) is 85.6 cm³/mol. The molecule has 1 amide bonds. The van der Waals surface area contributed by atoms with E-state index in [0.29, 0.717) is 16.6 Å². The van der Waals surface area contributed by atoms with Crippen LogP contribution in [0, 0.1) is 24.1 Å². The molecular weight excluding hydrogens is 297 g/mol. The van der Waals surface area contributed by atoms with Gasteiger partial charge in [-0.3, -0.25) is 0 Å². The molecular formula is C17H20FN3O2. The van der Waals surface area contributed by atoms with Crippen molar-refractivity contribution in [3.8, 4) is 6.07 Å². The van der Waals surface area contributed by atoms with Gasteiger partial charge in [-0.15, -0.1) is 0 Å². The van der Waals surface area contributed by atoms with E-state index < -0.39 is 11.7 Å². The molecule has 0 saturated heterocycles. The van der Waals surface area contributed by atoms with Crippen molar-refractivity contribution in [2.45, 2.75) is 39.8 Å². The Balaban J connectivity index is 2.19. The number of benzene rings is 1. The lowest BCUT2D eigenvalue weighted by Crippen LogP contribution is -2.34. The molecule has 0 atom stereocenters. The molecule has 1 N–H and O–H groups in total. The molecule has 0 unspecified atom stereocenters. The fourth-order valence-electron chi connectivity index (χ4n) is 2.38. The summed E-state index contributed by atoms with van der Waals surface area (Å²) in [6.07, 6.45) is -0.538. The second-order valence-corrected chi connectivity index (χ2v) is 6.35. The molecule has 0 aliphatic rings. The summed E-state index contributed by atoms with van der Waals surface area (Å²) in [5.74, 6) is -0.385. The second kappa shape index (κ2) is 6.29. The molecule has 0 spiro atoms. The van der Waals surface area contributed by atoms with E-state index in [4.69, 9.17) is 4.74 Å². The number of carbonyl (C=O) groups is 1. The van der Waals surface area contributed by atoms with Gasteiger partial charge in [0, 0.05) is 18.5 Å². The Morgan fingerprint density at radius 2 is 2.13 bits per heavy atom. The van der Waals surface area contributed by atoms with Crippen molar-refractivity contribution in [1.82, 2.24) is 9.88 Å². The third-order valence-electron chi connectivity index (χ3n) is 3.35. The standard InChI is InChI=1S/C17H20FN3O2/c1-11-5-6-14(18)15-13(11)9-12(10-19)21(15)8-7-20-16(22)23-17(2,3)4/h5-6,9H,7-8H2,1-4H3,(H,20,22). The molecule has 122 valence electrons. The van der Waals surface area contributed by atoms with Gasteiger partial charge in [0.2, 0.25) is 0 Å². The highest BCUT2D eigenvalue weighted by molar-refractivity contribution is 5.86. The van der Waals surface area contributed by atoms with Gasteiger partial charge < -0.3 is 14.6 Å². The van der Waals surface area contributed by atoms with Crippen LogP contribution in [0.5, 0.6) is 0 Å². The number of halogens is 1. The van der Waals surface area contributed by atoms with E-state index in [9.17, 15) is 14.4 Å². The van der Waals surface area contributed by atoms with Crippen LogP contribution in [0.1, 0.15) is 32.0 Å². The van der Waals surface area contributed by atoms with E-state index in [1.807, 2.05) is 6.92 Å². The van der Waals surface area contributed by atoms with Crippen LogP contribution in [0.2, 0.25) is 0 Å². The predicted octanol–water partition coefficient (Wildman–Crippen LogP) is 3.49. The Hall–Kier alpha value is -2.55. The zero-order valence-electron chi connectivity index (χ0n) is 13.7. The minimum absolute atomic E-state index is 0.237. The number of nitrogens with one attached hydrogen (secondary N) is 1. The van der Waals surface area contributed by atoms with E-state index in [1.165, 1.54) is 6.07 Å². The number of hydrogen-bond donors (Lipinski definition) is 1. The number of hydrogen-bond acceptors (Lipinski definition) is 3. The molecule has 0 saturated carbocycles. The van der Waals surface area contributed by atoms with Gasteiger partial charge in [0.15, 0.2) is 0 Å². The quantitative estimate of drug-likeness (QED) is 0.942. The number of fused-ring (bicyclic) bond motifs is 1. The molecule has 0 radical (unpaired) electrons. The second-order valence-electron chi connectivity index (χ2n) is 6.35. The molecule has 0 bridgehead atoms. The number of amides is 1. The molecule has 23 heavy (non-hydrogen) atoms. The SMILES string of the molecule is Cc1ccc(F)c2c1cc(C#N)n2CCNC(=O)OC(C)(C)C. The number of rotatable bonds is 3. The van der Waals surface area contributed by atoms with Crippen LogP contribution in [0.3, 0.4) is 0 Å². The Labute approximate surface area is 134 Å². The van der Waals surface area contributed by atoms with Crippen LogP contribution in [0.15, 0.2) is 18.2 Å². The fraction of sp³-hybridized carbons (Fsp3) is 0.412. The first kappa shape index (κ1) is 16.8. The topological polar surface area (TPSA) is 67.0 Å². The van der Waals surface area contributed by atoms with Crippen molar-refractivity contribution in [1.29, 1.82) is 5.26 Å². The fourth-order valence-corrected chi connectivity index (χ4v) is 2.38. The smallest absolute Gasteiger partial charge is 0.407 e.